The van der Waals surface area contributed by atoms with Gasteiger partial charge >= 0.3 is 0 Å². The Balaban J connectivity index is 1.54. The van der Waals surface area contributed by atoms with Gasteiger partial charge in [0.25, 0.3) is 0 Å². The first kappa shape index (κ1) is 19.2. The molecule has 1 N–H and O–H groups in total. The maximum absolute atomic E-state index is 12.5. The first-order chi connectivity index (χ1) is 14.2. The summed E-state index contributed by atoms with van der Waals surface area (Å²) in [7, 11) is 0. The van der Waals surface area contributed by atoms with Crippen LogP contribution < -0.4 is 5.32 Å². The van der Waals surface area contributed by atoms with Crippen LogP contribution in [0.4, 0.5) is 5.69 Å². The Hall–Kier alpha value is -3.18. The normalized spacial score (nSPS) is 10.8. The van der Waals surface area contributed by atoms with Crippen LogP contribution in [0.5, 0.6) is 0 Å². The Morgan fingerprint density at radius 3 is 2.45 bits per heavy atom. The van der Waals surface area contributed by atoms with Gasteiger partial charge in [-0.3, -0.25) is 4.79 Å². The maximum atomic E-state index is 12.5. The van der Waals surface area contributed by atoms with Crippen molar-refractivity contribution in [3.63, 3.8) is 0 Å². The van der Waals surface area contributed by atoms with Crippen molar-refractivity contribution in [2.75, 3.05) is 11.1 Å². The van der Waals surface area contributed by atoms with Crippen LogP contribution in [0.25, 0.3) is 10.9 Å². The second-order valence-electron chi connectivity index (χ2n) is 6.78. The average molecular weight is 400 g/mol. The fourth-order valence-corrected chi connectivity index (χ4v) is 3.93. The van der Waals surface area contributed by atoms with Gasteiger partial charge in [0, 0.05) is 17.5 Å². The summed E-state index contributed by atoms with van der Waals surface area (Å²) in [6, 6.07) is 25.9. The van der Waals surface area contributed by atoms with E-state index < -0.39 is 0 Å². The van der Waals surface area contributed by atoms with E-state index in [-0.39, 0.29) is 5.91 Å². The highest BCUT2D eigenvalue weighted by Gasteiger charge is 2.12. The van der Waals surface area contributed by atoms with E-state index in [0.29, 0.717) is 12.2 Å². The van der Waals surface area contributed by atoms with Gasteiger partial charge in [-0.2, -0.15) is 0 Å². The smallest absolute Gasteiger partial charge is 0.234 e. The highest BCUT2D eigenvalue weighted by atomic mass is 32.2. The molecule has 0 bridgehead atoms. The third-order valence-corrected chi connectivity index (χ3v) is 5.57. The van der Waals surface area contributed by atoms with E-state index in [9.17, 15) is 4.79 Å². The molecule has 0 unspecified atom stereocenters. The number of para-hydroxylation sites is 2. The highest BCUT2D eigenvalue weighted by molar-refractivity contribution is 8.00. The number of nitrogens with zero attached hydrogens (tertiary/aromatic N) is 2. The Morgan fingerprint density at radius 1 is 0.897 bits per heavy atom. The second-order valence-corrected chi connectivity index (χ2v) is 7.74. The lowest BCUT2D eigenvalue weighted by atomic mass is 10.1. The van der Waals surface area contributed by atoms with E-state index in [4.69, 9.17) is 9.97 Å². The fraction of sp³-hybridized carbons (Fsp3) is 0.125. The number of carbonyl (C=O) groups is 1. The zero-order valence-electron chi connectivity index (χ0n) is 16.1. The monoisotopic (exact) mass is 399 g/mol. The fourth-order valence-electron chi connectivity index (χ4n) is 3.09. The number of nitrogens with one attached hydrogen (secondary N) is 1. The topological polar surface area (TPSA) is 54.9 Å². The number of fused-ring (bicyclic) bond motifs is 1. The van der Waals surface area contributed by atoms with Crippen molar-refractivity contribution in [2.45, 2.75) is 18.4 Å². The largest absolute Gasteiger partial charge is 0.325 e. The molecule has 4 rings (SSSR count). The van der Waals surface area contributed by atoms with Crippen LogP contribution in [0, 0.1) is 6.92 Å². The Bertz CT molecular complexity index is 1150. The predicted molar refractivity (Wildman–Crippen MR) is 119 cm³/mol. The van der Waals surface area contributed by atoms with Gasteiger partial charge in [-0.05, 0) is 30.2 Å². The minimum atomic E-state index is -0.0448. The summed E-state index contributed by atoms with van der Waals surface area (Å²) in [5, 5.41) is 4.78. The van der Waals surface area contributed by atoms with Crippen LogP contribution in [0.1, 0.15) is 17.0 Å². The molecule has 0 atom stereocenters. The molecule has 0 spiro atoms. The molecule has 0 saturated heterocycles. The Kier molecular flexibility index (Phi) is 5.86. The van der Waals surface area contributed by atoms with Crippen molar-refractivity contribution < 1.29 is 4.79 Å². The molecule has 29 heavy (non-hydrogen) atoms. The molecule has 0 aliphatic heterocycles. The molecule has 1 heterocycles. The summed E-state index contributed by atoms with van der Waals surface area (Å²) in [5.41, 5.74) is 3.95. The molecule has 0 radical (unpaired) electrons. The molecule has 0 saturated carbocycles. The molecular formula is C24H21N3OS. The van der Waals surface area contributed by atoms with E-state index in [1.54, 1.807) is 0 Å². The number of anilines is 1. The summed E-state index contributed by atoms with van der Waals surface area (Å²) in [5.74, 6) is 1.01. The molecule has 0 aliphatic carbocycles. The summed E-state index contributed by atoms with van der Waals surface area (Å²) in [6.07, 6.45) is 0.661. The lowest BCUT2D eigenvalue weighted by Crippen LogP contribution is -2.15. The number of aryl methyl sites for hydroxylation is 1. The molecule has 0 fully saturated rings. The number of amides is 1. The van der Waals surface area contributed by atoms with Crippen LogP contribution in [0.15, 0.2) is 83.9 Å². The van der Waals surface area contributed by atoms with Gasteiger partial charge in [0.1, 0.15) is 10.9 Å². The summed E-state index contributed by atoms with van der Waals surface area (Å²) < 4.78 is 0. The van der Waals surface area contributed by atoms with E-state index in [0.717, 1.165) is 38.6 Å². The van der Waals surface area contributed by atoms with Gasteiger partial charge in [0.2, 0.25) is 5.91 Å². The van der Waals surface area contributed by atoms with Gasteiger partial charge in [-0.1, -0.05) is 78.5 Å². The van der Waals surface area contributed by atoms with Crippen molar-refractivity contribution in [1.82, 2.24) is 9.97 Å². The molecule has 144 valence electrons. The Morgan fingerprint density at radius 2 is 1.62 bits per heavy atom. The summed E-state index contributed by atoms with van der Waals surface area (Å²) in [6.45, 7) is 1.98. The minimum absolute atomic E-state index is 0.0448. The van der Waals surface area contributed by atoms with Gasteiger partial charge in [-0.15, -0.1) is 0 Å². The number of aromatic nitrogens is 2. The van der Waals surface area contributed by atoms with E-state index in [1.165, 1.54) is 11.8 Å². The number of benzene rings is 3. The summed E-state index contributed by atoms with van der Waals surface area (Å²) >= 11 is 1.44. The van der Waals surface area contributed by atoms with Crippen LogP contribution in [0.3, 0.4) is 0 Å². The first-order valence-electron chi connectivity index (χ1n) is 9.47. The number of hydrogen-bond donors (Lipinski definition) is 1. The number of hydrogen-bond acceptors (Lipinski definition) is 4. The van der Waals surface area contributed by atoms with Crippen LogP contribution in [0.2, 0.25) is 0 Å². The minimum Gasteiger partial charge on any atom is -0.325 e. The predicted octanol–water partition coefficient (Wildman–Crippen LogP) is 5.26. The molecular weight excluding hydrogens is 378 g/mol. The van der Waals surface area contributed by atoms with Crippen molar-refractivity contribution in [2.24, 2.45) is 0 Å². The molecule has 4 aromatic rings. The van der Waals surface area contributed by atoms with E-state index in [2.05, 4.69) is 17.4 Å². The van der Waals surface area contributed by atoms with Gasteiger partial charge in [-0.25, -0.2) is 9.97 Å². The van der Waals surface area contributed by atoms with Gasteiger partial charge in [0.05, 0.1) is 11.3 Å². The number of thioether (sulfide) groups is 1. The summed E-state index contributed by atoms with van der Waals surface area (Å²) in [4.78, 5) is 22.0. The molecule has 3 aromatic carbocycles. The Labute approximate surface area is 174 Å². The first-order valence-corrected chi connectivity index (χ1v) is 10.5. The van der Waals surface area contributed by atoms with Crippen LogP contribution in [-0.2, 0) is 11.2 Å². The quantitative estimate of drug-likeness (QED) is 0.355. The maximum Gasteiger partial charge on any atom is 0.234 e. The van der Waals surface area contributed by atoms with E-state index >= 15 is 0 Å². The lowest BCUT2D eigenvalue weighted by molar-refractivity contribution is -0.113. The zero-order chi connectivity index (χ0) is 20.1. The number of rotatable bonds is 6. The van der Waals surface area contributed by atoms with Gasteiger partial charge in [0.15, 0.2) is 0 Å². The highest BCUT2D eigenvalue weighted by Crippen LogP contribution is 2.26. The van der Waals surface area contributed by atoms with Crippen LogP contribution in [-0.4, -0.2) is 21.6 Å². The zero-order valence-corrected chi connectivity index (χ0v) is 16.9. The third-order valence-electron chi connectivity index (χ3n) is 4.58. The molecule has 1 aromatic heterocycles. The molecule has 5 heteroatoms. The SMILES string of the molecule is Cc1ccccc1NC(=O)CSc1nc(Cc2ccccc2)nc2ccccc12. The van der Waals surface area contributed by atoms with Gasteiger partial charge < -0.3 is 5.32 Å². The standard InChI is InChI=1S/C24H21N3OS/c1-17-9-5-7-13-20(17)26-23(28)16-29-24-19-12-6-8-14-21(19)25-22(27-24)15-18-10-3-2-4-11-18/h2-14H,15-16H2,1H3,(H,26,28). The average Bonchev–Trinajstić information content (AvgIpc) is 2.74. The third kappa shape index (κ3) is 4.81. The van der Waals surface area contributed by atoms with Crippen molar-refractivity contribution in [3.05, 3.63) is 95.8 Å². The molecule has 1 amide bonds. The number of carbonyl (C=O) groups excluding carboxylic acids is 1. The van der Waals surface area contributed by atoms with Crippen LogP contribution >= 0.6 is 11.8 Å². The van der Waals surface area contributed by atoms with Crippen molar-refractivity contribution in [1.29, 1.82) is 0 Å². The molecule has 4 nitrogen and oxygen atoms in total. The van der Waals surface area contributed by atoms with E-state index in [1.807, 2.05) is 73.7 Å². The molecule has 0 aliphatic rings. The lowest BCUT2D eigenvalue weighted by Gasteiger charge is -2.10. The van der Waals surface area contributed by atoms with Crippen molar-refractivity contribution >= 4 is 34.3 Å². The second kappa shape index (κ2) is 8.88. The van der Waals surface area contributed by atoms with Crippen molar-refractivity contribution in [3.8, 4) is 0 Å².